The van der Waals surface area contributed by atoms with E-state index in [9.17, 15) is 9.59 Å². The lowest BCUT2D eigenvalue weighted by atomic mass is 9.80. The van der Waals surface area contributed by atoms with Crippen LogP contribution in [0.2, 0.25) is 0 Å². The largest absolute Gasteiger partial charge is 0.294 e. The molecular formula is C20H24O2. The molecule has 0 fully saturated rings. The number of carbonyl (C=O) groups is 2. The SMILES string of the molecule is CC(C)(C)C(=O)c1cccc2cccc(C(=O)C(C)(C)C)c12. The standard InChI is InChI=1S/C20H24O2/c1-19(2,3)17(21)14-11-7-9-13-10-8-12-15(16(13)14)18(22)20(4,5)6/h7-12H,1-6H3. The van der Waals surface area contributed by atoms with Gasteiger partial charge in [0, 0.05) is 27.3 Å². The fourth-order valence-corrected chi connectivity index (χ4v) is 2.53. The second-order valence-electron chi connectivity index (χ2n) is 7.87. The number of ketones is 2. The molecule has 2 heteroatoms. The van der Waals surface area contributed by atoms with Crippen LogP contribution in [0.5, 0.6) is 0 Å². The van der Waals surface area contributed by atoms with Gasteiger partial charge in [0.05, 0.1) is 0 Å². The number of carbonyl (C=O) groups excluding carboxylic acids is 2. The van der Waals surface area contributed by atoms with Crippen LogP contribution < -0.4 is 0 Å². The van der Waals surface area contributed by atoms with Crippen LogP contribution in [-0.4, -0.2) is 11.6 Å². The molecule has 0 spiro atoms. The van der Waals surface area contributed by atoms with E-state index in [4.69, 9.17) is 0 Å². The maximum absolute atomic E-state index is 12.8. The van der Waals surface area contributed by atoms with E-state index in [2.05, 4.69) is 0 Å². The third kappa shape index (κ3) is 2.96. The molecule has 0 amide bonds. The summed E-state index contributed by atoms with van der Waals surface area (Å²) in [5.41, 5.74) is 0.314. The van der Waals surface area contributed by atoms with Gasteiger partial charge in [-0.2, -0.15) is 0 Å². The lowest BCUT2D eigenvalue weighted by molar-refractivity contribution is 0.0860. The average Bonchev–Trinajstić information content (AvgIpc) is 2.42. The van der Waals surface area contributed by atoms with E-state index in [1.807, 2.05) is 77.9 Å². The van der Waals surface area contributed by atoms with Crippen LogP contribution in [0.4, 0.5) is 0 Å². The molecule has 0 atom stereocenters. The zero-order valence-corrected chi connectivity index (χ0v) is 14.3. The van der Waals surface area contributed by atoms with Crippen molar-refractivity contribution in [2.24, 2.45) is 10.8 Å². The van der Waals surface area contributed by atoms with E-state index in [1.54, 1.807) is 0 Å². The van der Waals surface area contributed by atoms with Gasteiger partial charge >= 0.3 is 0 Å². The van der Waals surface area contributed by atoms with Gasteiger partial charge in [-0.15, -0.1) is 0 Å². The molecule has 0 aromatic heterocycles. The molecule has 2 aromatic carbocycles. The van der Waals surface area contributed by atoms with Gasteiger partial charge in [0.1, 0.15) is 0 Å². The molecular weight excluding hydrogens is 272 g/mol. The predicted octanol–water partition coefficient (Wildman–Crippen LogP) is 5.30. The van der Waals surface area contributed by atoms with Crippen molar-refractivity contribution in [3.63, 3.8) is 0 Å². The van der Waals surface area contributed by atoms with Crippen molar-refractivity contribution in [3.05, 3.63) is 47.5 Å². The molecule has 0 N–H and O–H groups in total. The Balaban J connectivity index is 2.81. The number of rotatable bonds is 2. The average molecular weight is 296 g/mol. The molecule has 2 nitrogen and oxygen atoms in total. The van der Waals surface area contributed by atoms with Crippen molar-refractivity contribution >= 4 is 22.3 Å². The molecule has 0 bridgehead atoms. The third-order valence-electron chi connectivity index (χ3n) is 3.76. The maximum atomic E-state index is 12.8. The molecule has 0 aliphatic carbocycles. The van der Waals surface area contributed by atoms with Crippen LogP contribution >= 0.6 is 0 Å². The summed E-state index contributed by atoms with van der Waals surface area (Å²) in [6, 6.07) is 11.3. The van der Waals surface area contributed by atoms with E-state index < -0.39 is 10.8 Å². The molecule has 0 saturated carbocycles. The smallest absolute Gasteiger partial charge is 0.168 e. The zero-order valence-electron chi connectivity index (χ0n) is 14.3. The van der Waals surface area contributed by atoms with Crippen molar-refractivity contribution in [1.29, 1.82) is 0 Å². The monoisotopic (exact) mass is 296 g/mol. The first-order valence-electron chi connectivity index (χ1n) is 7.65. The number of hydrogen-bond acceptors (Lipinski definition) is 2. The van der Waals surface area contributed by atoms with Crippen LogP contribution in [0.15, 0.2) is 36.4 Å². The Morgan fingerprint density at radius 3 is 1.36 bits per heavy atom. The molecule has 22 heavy (non-hydrogen) atoms. The summed E-state index contributed by atoms with van der Waals surface area (Å²) in [7, 11) is 0. The van der Waals surface area contributed by atoms with Crippen molar-refractivity contribution in [1.82, 2.24) is 0 Å². The Bertz CT molecular complexity index is 680. The second kappa shape index (κ2) is 5.35. The molecule has 0 heterocycles. The summed E-state index contributed by atoms with van der Waals surface area (Å²) >= 11 is 0. The first-order chi connectivity index (χ1) is 10.0. The number of hydrogen-bond donors (Lipinski definition) is 0. The van der Waals surface area contributed by atoms with E-state index in [1.165, 1.54) is 0 Å². The van der Waals surface area contributed by atoms with Crippen LogP contribution in [0.3, 0.4) is 0 Å². The van der Waals surface area contributed by atoms with Gasteiger partial charge in [-0.1, -0.05) is 77.9 Å². The highest BCUT2D eigenvalue weighted by molar-refractivity contribution is 6.18. The molecule has 0 aliphatic heterocycles. The van der Waals surface area contributed by atoms with E-state index >= 15 is 0 Å². The highest BCUT2D eigenvalue weighted by Gasteiger charge is 2.29. The second-order valence-corrected chi connectivity index (χ2v) is 7.87. The van der Waals surface area contributed by atoms with E-state index in [0.29, 0.717) is 11.1 Å². The Morgan fingerprint density at radius 1 is 0.682 bits per heavy atom. The fraction of sp³-hybridized carbons (Fsp3) is 0.400. The van der Waals surface area contributed by atoms with Crippen LogP contribution in [0.25, 0.3) is 10.8 Å². The quantitative estimate of drug-likeness (QED) is 0.705. The minimum atomic E-state index is -0.480. The molecule has 0 radical (unpaired) electrons. The van der Waals surface area contributed by atoms with Gasteiger partial charge in [0.15, 0.2) is 11.6 Å². The molecule has 116 valence electrons. The Labute approximate surface area is 132 Å². The zero-order chi connectivity index (χ0) is 16.7. The molecule has 2 rings (SSSR count). The topological polar surface area (TPSA) is 34.1 Å². The summed E-state index contributed by atoms with van der Waals surface area (Å²) in [6.45, 7) is 11.4. The Morgan fingerprint density at radius 2 is 1.05 bits per heavy atom. The molecule has 0 saturated heterocycles. The van der Waals surface area contributed by atoms with Gasteiger partial charge in [-0.05, 0) is 5.39 Å². The van der Waals surface area contributed by atoms with Crippen molar-refractivity contribution in [2.45, 2.75) is 41.5 Å². The Hall–Kier alpha value is -1.96. The van der Waals surface area contributed by atoms with Gasteiger partial charge < -0.3 is 0 Å². The van der Waals surface area contributed by atoms with E-state index in [0.717, 1.165) is 10.8 Å². The van der Waals surface area contributed by atoms with Gasteiger partial charge in [0.25, 0.3) is 0 Å². The summed E-state index contributed by atoms with van der Waals surface area (Å²) < 4.78 is 0. The minimum absolute atomic E-state index is 0.0623. The highest BCUT2D eigenvalue weighted by Crippen LogP contribution is 2.32. The third-order valence-corrected chi connectivity index (χ3v) is 3.76. The predicted molar refractivity (Wildman–Crippen MR) is 91.5 cm³/mol. The fourth-order valence-electron chi connectivity index (χ4n) is 2.53. The van der Waals surface area contributed by atoms with Crippen molar-refractivity contribution < 1.29 is 9.59 Å². The van der Waals surface area contributed by atoms with Gasteiger partial charge in [-0.3, -0.25) is 9.59 Å². The van der Waals surface area contributed by atoms with Crippen LogP contribution in [0.1, 0.15) is 62.3 Å². The van der Waals surface area contributed by atoms with Crippen LogP contribution in [-0.2, 0) is 0 Å². The highest BCUT2D eigenvalue weighted by atomic mass is 16.1. The molecule has 0 unspecified atom stereocenters. The lowest BCUT2D eigenvalue weighted by Crippen LogP contribution is -2.23. The van der Waals surface area contributed by atoms with Gasteiger partial charge in [0.2, 0.25) is 0 Å². The number of fused-ring (bicyclic) bond motifs is 1. The van der Waals surface area contributed by atoms with Crippen molar-refractivity contribution in [2.75, 3.05) is 0 Å². The summed E-state index contributed by atoms with van der Waals surface area (Å²) in [4.78, 5) is 25.6. The van der Waals surface area contributed by atoms with Crippen molar-refractivity contribution in [3.8, 4) is 0 Å². The first-order valence-corrected chi connectivity index (χ1v) is 7.65. The van der Waals surface area contributed by atoms with E-state index in [-0.39, 0.29) is 11.6 Å². The number of Topliss-reactive ketones (excluding diaryl/α,β-unsaturated/α-hetero) is 2. The van der Waals surface area contributed by atoms with Gasteiger partial charge in [-0.25, -0.2) is 0 Å². The first kappa shape index (κ1) is 16.4. The summed E-state index contributed by atoms with van der Waals surface area (Å²) in [6.07, 6.45) is 0. The molecule has 2 aromatic rings. The minimum Gasteiger partial charge on any atom is -0.294 e. The number of benzene rings is 2. The lowest BCUT2D eigenvalue weighted by Gasteiger charge is -2.21. The molecule has 0 aliphatic rings. The Kier molecular flexibility index (Phi) is 3.99. The summed E-state index contributed by atoms with van der Waals surface area (Å²) in [5, 5.41) is 1.72. The normalized spacial score (nSPS) is 12.5. The van der Waals surface area contributed by atoms with Crippen LogP contribution in [0, 0.1) is 10.8 Å². The summed E-state index contributed by atoms with van der Waals surface area (Å²) in [5.74, 6) is 0.125. The maximum Gasteiger partial charge on any atom is 0.168 e.